The molecule has 0 bridgehead atoms. The normalized spacial score (nSPS) is 16.7. The Bertz CT molecular complexity index is 746. The monoisotopic (exact) mass is 343 g/mol. The zero-order valence-electron chi connectivity index (χ0n) is 15.0. The highest BCUT2D eigenvalue weighted by molar-refractivity contribution is 5.91. The molecule has 1 saturated heterocycles. The molecule has 2 amide bonds. The number of benzene rings is 1. The van der Waals surface area contributed by atoms with Gasteiger partial charge in [0.1, 0.15) is 6.26 Å². The summed E-state index contributed by atoms with van der Waals surface area (Å²) in [6.07, 6.45) is 2.97. The van der Waals surface area contributed by atoms with Gasteiger partial charge in [-0.2, -0.15) is 0 Å². The summed E-state index contributed by atoms with van der Waals surface area (Å²) in [5.74, 6) is 0.827. The van der Waals surface area contributed by atoms with Crippen LogP contribution < -0.4 is 5.32 Å². The molecule has 1 fully saturated rings. The number of nitrogens with zero attached hydrogens (tertiary/aromatic N) is 2. The zero-order chi connectivity index (χ0) is 18.0. The molecular formula is C19H25N3O3. The van der Waals surface area contributed by atoms with Crippen molar-refractivity contribution in [2.75, 3.05) is 18.4 Å². The van der Waals surface area contributed by atoms with Gasteiger partial charge in [-0.25, -0.2) is 9.78 Å². The second kappa shape index (κ2) is 7.27. The van der Waals surface area contributed by atoms with Crippen LogP contribution in [-0.2, 0) is 0 Å². The van der Waals surface area contributed by atoms with Crippen LogP contribution in [0.2, 0.25) is 0 Å². The highest BCUT2D eigenvalue weighted by atomic mass is 16.3. The van der Waals surface area contributed by atoms with E-state index >= 15 is 0 Å². The fourth-order valence-corrected chi connectivity index (χ4v) is 3.16. The molecule has 0 aliphatic carbocycles. The lowest BCUT2D eigenvalue weighted by atomic mass is 9.92. The van der Waals surface area contributed by atoms with Crippen molar-refractivity contribution in [2.24, 2.45) is 5.92 Å². The maximum Gasteiger partial charge on any atom is 0.321 e. The van der Waals surface area contributed by atoms with Crippen LogP contribution in [0.15, 0.2) is 28.9 Å². The Morgan fingerprint density at radius 1 is 1.36 bits per heavy atom. The van der Waals surface area contributed by atoms with E-state index in [4.69, 9.17) is 4.42 Å². The van der Waals surface area contributed by atoms with E-state index < -0.39 is 0 Å². The van der Waals surface area contributed by atoms with Crippen LogP contribution in [0, 0.1) is 19.8 Å². The number of amides is 2. The molecule has 2 heterocycles. The number of piperidine rings is 1. The molecule has 134 valence electrons. The van der Waals surface area contributed by atoms with E-state index in [1.165, 1.54) is 0 Å². The molecule has 1 atom stereocenters. The summed E-state index contributed by atoms with van der Waals surface area (Å²) < 4.78 is 5.44. The average Bonchev–Trinajstić information content (AvgIpc) is 3.03. The lowest BCUT2D eigenvalue weighted by Crippen LogP contribution is -2.42. The van der Waals surface area contributed by atoms with Crippen LogP contribution >= 0.6 is 0 Å². The molecule has 1 aliphatic rings. The molecule has 0 radical (unpaired) electrons. The van der Waals surface area contributed by atoms with E-state index in [1.54, 1.807) is 11.2 Å². The van der Waals surface area contributed by atoms with Gasteiger partial charge in [0.2, 0.25) is 5.89 Å². The summed E-state index contributed by atoms with van der Waals surface area (Å²) in [4.78, 5) is 18.7. The van der Waals surface area contributed by atoms with Crippen LogP contribution in [0.1, 0.15) is 31.0 Å². The number of likely N-dealkylation sites (tertiary alicyclic amines) is 1. The van der Waals surface area contributed by atoms with Crippen LogP contribution in [0.3, 0.4) is 0 Å². The smallest absolute Gasteiger partial charge is 0.321 e. The van der Waals surface area contributed by atoms with Crippen molar-refractivity contribution < 1.29 is 14.3 Å². The Hall–Kier alpha value is -2.34. The maximum absolute atomic E-state index is 12.6. The number of carbonyl (C=O) groups excluding carboxylic acids is 1. The fourth-order valence-electron chi connectivity index (χ4n) is 3.16. The van der Waals surface area contributed by atoms with Crippen LogP contribution in [0.4, 0.5) is 10.5 Å². The highest BCUT2D eigenvalue weighted by Gasteiger charge is 2.25. The molecule has 3 rings (SSSR count). The number of anilines is 1. The van der Waals surface area contributed by atoms with E-state index in [1.807, 2.05) is 39.0 Å². The molecule has 1 unspecified atom stereocenters. The minimum absolute atomic E-state index is 0.104. The molecule has 2 N–H and O–H groups in total. The third-order valence-electron chi connectivity index (χ3n) is 4.85. The Balaban J connectivity index is 1.69. The maximum atomic E-state index is 12.6. The van der Waals surface area contributed by atoms with Crippen LogP contribution in [-0.4, -0.2) is 40.2 Å². The quantitative estimate of drug-likeness (QED) is 0.893. The molecular weight excluding hydrogens is 318 g/mol. The molecule has 6 heteroatoms. The van der Waals surface area contributed by atoms with Crippen LogP contribution in [0.25, 0.3) is 11.5 Å². The standard InChI is InChI=1S/C19H25N3O3/c1-12-4-5-16(18-20-13(2)11-25-18)10-17(12)21-19(24)22-8-6-15(7-9-22)14(3)23/h4-5,10-11,14-15,23H,6-9H2,1-3H3,(H,21,24). The first-order valence-corrected chi connectivity index (χ1v) is 8.71. The summed E-state index contributed by atoms with van der Waals surface area (Å²) in [5.41, 5.74) is 3.40. The zero-order valence-corrected chi connectivity index (χ0v) is 15.0. The molecule has 1 aromatic heterocycles. The van der Waals surface area contributed by atoms with Gasteiger partial charge in [0.25, 0.3) is 0 Å². The topological polar surface area (TPSA) is 78.6 Å². The van der Waals surface area contributed by atoms with E-state index in [-0.39, 0.29) is 18.1 Å². The number of aryl methyl sites for hydroxylation is 2. The number of hydrogen-bond donors (Lipinski definition) is 2. The first kappa shape index (κ1) is 17.5. The summed E-state index contributed by atoms with van der Waals surface area (Å²) >= 11 is 0. The first-order valence-electron chi connectivity index (χ1n) is 8.71. The third-order valence-corrected chi connectivity index (χ3v) is 4.85. The number of rotatable bonds is 3. The predicted octanol–water partition coefficient (Wildman–Crippen LogP) is 3.58. The lowest BCUT2D eigenvalue weighted by Gasteiger charge is -2.33. The van der Waals surface area contributed by atoms with Crippen molar-refractivity contribution in [3.8, 4) is 11.5 Å². The molecule has 6 nitrogen and oxygen atoms in total. The third kappa shape index (κ3) is 4.02. The van der Waals surface area contributed by atoms with Crippen molar-refractivity contribution in [2.45, 2.75) is 39.7 Å². The molecule has 1 aromatic carbocycles. The summed E-state index contributed by atoms with van der Waals surface area (Å²) in [7, 11) is 0. The van der Waals surface area contributed by atoms with Crippen molar-refractivity contribution in [3.05, 3.63) is 35.7 Å². The fraction of sp³-hybridized carbons (Fsp3) is 0.474. The van der Waals surface area contributed by atoms with Gasteiger partial charge in [-0.05, 0) is 57.2 Å². The van der Waals surface area contributed by atoms with E-state index in [2.05, 4.69) is 10.3 Å². The van der Waals surface area contributed by atoms with Gasteiger partial charge >= 0.3 is 6.03 Å². The number of aliphatic hydroxyl groups is 1. The molecule has 1 aliphatic heterocycles. The number of aliphatic hydroxyl groups excluding tert-OH is 1. The summed E-state index contributed by atoms with van der Waals surface area (Å²) in [6.45, 7) is 6.98. The van der Waals surface area contributed by atoms with Crippen molar-refractivity contribution in [1.82, 2.24) is 9.88 Å². The van der Waals surface area contributed by atoms with Gasteiger partial charge in [0.05, 0.1) is 11.8 Å². The second-order valence-corrected chi connectivity index (χ2v) is 6.82. The van der Waals surface area contributed by atoms with Gasteiger partial charge in [0, 0.05) is 24.3 Å². The Labute approximate surface area is 147 Å². The molecule has 0 saturated carbocycles. The minimum atomic E-state index is -0.312. The van der Waals surface area contributed by atoms with E-state index in [9.17, 15) is 9.90 Å². The predicted molar refractivity (Wildman–Crippen MR) is 96.4 cm³/mol. The summed E-state index contributed by atoms with van der Waals surface area (Å²) in [5, 5.41) is 12.7. The van der Waals surface area contributed by atoms with Crippen molar-refractivity contribution in [3.63, 3.8) is 0 Å². The highest BCUT2D eigenvalue weighted by Crippen LogP contribution is 2.26. The van der Waals surface area contributed by atoms with Gasteiger partial charge in [0.15, 0.2) is 0 Å². The number of hydrogen-bond acceptors (Lipinski definition) is 4. The largest absolute Gasteiger partial charge is 0.444 e. The van der Waals surface area contributed by atoms with E-state index in [0.29, 0.717) is 19.0 Å². The molecule has 25 heavy (non-hydrogen) atoms. The van der Waals surface area contributed by atoms with Gasteiger partial charge in [-0.3, -0.25) is 0 Å². The molecule has 0 spiro atoms. The van der Waals surface area contributed by atoms with Crippen LogP contribution in [0.5, 0.6) is 0 Å². The minimum Gasteiger partial charge on any atom is -0.444 e. The van der Waals surface area contributed by atoms with Crippen molar-refractivity contribution in [1.29, 1.82) is 0 Å². The summed E-state index contributed by atoms with van der Waals surface area (Å²) in [6, 6.07) is 5.67. The number of carbonyl (C=O) groups is 1. The van der Waals surface area contributed by atoms with Gasteiger partial charge < -0.3 is 19.7 Å². The molecule has 2 aromatic rings. The number of oxazole rings is 1. The van der Waals surface area contributed by atoms with Gasteiger partial charge in [-0.15, -0.1) is 0 Å². The first-order chi connectivity index (χ1) is 11.9. The van der Waals surface area contributed by atoms with Gasteiger partial charge in [-0.1, -0.05) is 6.07 Å². The average molecular weight is 343 g/mol. The SMILES string of the molecule is Cc1coc(-c2ccc(C)c(NC(=O)N3CCC(C(C)O)CC3)c2)n1. The van der Waals surface area contributed by atoms with Crippen molar-refractivity contribution >= 4 is 11.7 Å². The van der Waals surface area contributed by atoms with E-state index in [0.717, 1.165) is 35.3 Å². The second-order valence-electron chi connectivity index (χ2n) is 6.82. The Kier molecular flexibility index (Phi) is 5.08. The Morgan fingerprint density at radius 3 is 2.68 bits per heavy atom. The lowest BCUT2D eigenvalue weighted by molar-refractivity contribution is 0.0820. The number of aromatic nitrogens is 1. The number of urea groups is 1. The Morgan fingerprint density at radius 2 is 2.08 bits per heavy atom. The number of nitrogens with one attached hydrogen (secondary N) is 1.